The maximum absolute atomic E-state index is 12.4. The number of carbonyl (C=O) groups is 3. The van der Waals surface area contributed by atoms with Crippen LogP contribution in [0.25, 0.3) is 0 Å². The van der Waals surface area contributed by atoms with Gasteiger partial charge in [0.1, 0.15) is 18.7 Å². The number of aliphatic carboxylic acids is 1. The molecule has 0 aliphatic carbocycles. The van der Waals surface area contributed by atoms with E-state index in [1.807, 2.05) is 6.07 Å². The molecule has 0 saturated carbocycles. The number of carboxylic acid groups (broad SMARTS) is 1. The van der Waals surface area contributed by atoms with Gasteiger partial charge in [-0.15, -0.1) is 0 Å². The summed E-state index contributed by atoms with van der Waals surface area (Å²) in [5.41, 5.74) is 3.48. The van der Waals surface area contributed by atoms with Gasteiger partial charge in [-0.25, -0.2) is 9.59 Å². The summed E-state index contributed by atoms with van der Waals surface area (Å²) in [7, 11) is 0. The number of hydroxylamine groups is 1. The number of carboxylic acids is 1. The van der Waals surface area contributed by atoms with Crippen LogP contribution in [0.15, 0.2) is 35.3 Å². The van der Waals surface area contributed by atoms with Gasteiger partial charge in [0.15, 0.2) is 5.96 Å². The molecular formula is C22H32N6O6. The molecule has 34 heavy (non-hydrogen) atoms. The number of amides is 2. The molecule has 12 nitrogen and oxygen atoms in total. The second-order valence-corrected chi connectivity index (χ2v) is 8.07. The molecule has 0 spiro atoms. The molecule has 1 fully saturated rings. The fourth-order valence-corrected chi connectivity index (χ4v) is 3.53. The lowest BCUT2D eigenvalue weighted by Gasteiger charge is -2.16. The number of carbonyl (C=O) groups excluding carboxylic acids is 2. The summed E-state index contributed by atoms with van der Waals surface area (Å²) in [5, 5.41) is 20.5. The lowest BCUT2D eigenvalue weighted by molar-refractivity contribution is -0.139. The number of aliphatic imine (C=N–C) groups is 1. The van der Waals surface area contributed by atoms with Crippen LogP contribution in [0.5, 0.6) is 0 Å². The SMILES string of the molecule is O=C(N[C@@H](CNC(=O)[C@@H]1C[C@@H](CCCCNC2=NCCN2)ON1)C(=O)O)OCc1ccccc1. The summed E-state index contributed by atoms with van der Waals surface area (Å²) in [5.74, 6) is -0.827. The molecule has 0 aromatic heterocycles. The van der Waals surface area contributed by atoms with Crippen molar-refractivity contribution >= 4 is 23.9 Å². The van der Waals surface area contributed by atoms with Gasteiger partial charge in [-0.05, 0) is 24.8 Å². The minimum absolute atomic E-state index is 0.0117. The van der Waals surface area contributed by atoms with Gasteiger partial charge in [0, 0.05) is 26.1 Å². The zero-order valence-corrected chi connectivity index (χ0v) is 18.9. The normalized spacial score (nSPS) is 20.1. The lowest BCUT2D eigenvalue weighted by atomic mass is 10.1. The molecule has 0 bridgehead atoms. The number of hydrogen-bond donors (Lipinski definition) is 6. The molecule has 1 aromatic carbocycles. The minimum atomic E-state index is -1.32. The van der Waals surface area contributed by atoms with Crippen LogP contribution < -0.4 is 26.7 Å². The molecule has 2 heterocycles. The van der Waals surface area contributed by atoms with Gasteiger partial charge in [0.25, 0.3) is 0 Å². The molecule has 3 rings (SSSR count). The van der Waals surface area contributed by atoms with Crippen molar-refractivity contribution in [2.45, 2.75) is 50.5 Å². The number of rotatable bonds is 12. The first kappa shape index (κ1) is 25.2. The van der Waals surface area contributed by atoms with Crippen molar-refractivity contribution in [2.24, 2.45) is 4.99 Å². The molecule has 1 saturated heterocycles. The van der Waals surface area contributed by atoms with Crippen LogP contribution in [0, 0.1) is 0 Å². The van der Waals surface area contributed by atoms with Gasteiger partial charge < -0.3 is 31.1 Å². The van der Waals surface area contributed by atoms with Crippen LogP contribution in [0.2, 0.25) is 0 Å². The number of hydrogen-bond acceptors (Lipinski definition) is 9. The molecule has 2 aliphatic rings. The second-order valence-electron chi connectivity index (χ2n) is 8.07. The number of benzene rings is 1. The average molecular weight is 477 g/mol. The van der Waals surface area contributed by atoms with Crippen LogP contribution in [-0.4, -0.2) is 73.4 Å². The summed E-state index contributed by atoms with van der Waals surface area (Å²) in [6.45, 7) is 2.22. The van der Waals surface area contributed by atoms with Crippen molar-refractivity contribution in [3.8, 4) is 0 Å². The number of nitrogens with zero attached hydrogens (tertiary/aromatic N) is 1. The highest BCUT2D eigenvalue weighted by Crippen LogP contribution is 2.16. The van der Waals surface area contributed by atoms with E-state index in [4.69, 9.17) is 9.57 Å². The third-order valence-corrected chi connectivity index (χ3v) is 5.39. The van der Waals surface area contributed by atoms with Crippen molar-refractivity contribution in [1.29, 1.82) is 0 Å². The summed E-state index contributed by atoms with van der Waals surface area (Å²) in [6, 6.07) is 7.11. The molecule has 2 amide bonds. The largest absolute Gasteiger partial charge is 0.480 e. The zero-order chi connectivity index (χ0) is 24.2. The van der Waals surface area contributed by atoms with Crippen molar-refractivity contribution in [2.75, 3.05) is 26.2 Å². The second kappa shape index (κ2) is 13.4. The van der Waals surface area contributed by atoms with Crippen molar-refractivity contribution in [3.63, 3.8) is 0 Å². The highest BCUT2D eigenvalue weighted by molar-refractivity contribution is 5.84. The lowest BCUT2D eigenvalue weighted by Crippen LogP contribution is -2.51. The molecule has 1 aromatic rings. The van der Waals surface area contributed by atoms with E-state index in [0.29, 0.717) is 6.42 Å². The van der Waals surface area contributed by atoms with E-state index in [0.717, 1.165) is 50.4 Å². The number of guanidine groups is 1. The van der Waals surface area contributed by atoms with Crippen LogP contribution in [-0.2, 0) is 25.8 Å². The maximum atomic E-state index is 12.4. The molecule has 6 N–H and O–H groups in total. The average Bonchev–Trinajstić information content (AvgIpc) is 3.53. The molecule has 0 unspecified atom stereocenters. The van der Waals surface area contributed by atoms with E-state index < -0.39 is 24.1 Å². The highest BCUT2D eigenvalue weighted by Gasteiger charge is 2.31. The summed E-state index contributed by atoms with van der Waals surface area (Å²) < 4.78 is 5.04. The fourth-order valence-electron chi connectivity index (χ4n) is 3.53. The van der Waals surface area contributed by atoms with Crippen LogP contribution in [0.3, 0.4) is 0 Å². The Labute approximate surface area is 197 Å². The van der Waals surface area contributed by atoms with Crippen molar-refractivity contribution in [3.05, 3.63) is 35.9 Å². The summed E-state index contributed by atoms with van der Waals surface area (Å²) in [6.07, 6.45) is 2.18. The molecular weight excluding hydrogens is 444 g/mol. The Kier molecular flexibility index (Phi) is 9.92. The predicted molar refractivity (Wildman–Crippen MR) is 123 cm³/mol. The Hall–Kier alpha value is -3.38. The first-order valence-electron chi connectivity index (χ1n) is 11.4. The minimum Gasteiger partial charge on any atom is -0.480 e. The Morgan fingerprint density at radius 1 is 1.24 bits per heavy atom. The number of alkyl carbamates (subject to hydrolysis) is 1. The van der Waals surface area contributed by atoms with Crippen LogP contribution in [0.4, 0.5) is 4.79 Å². The maximum Gasteiger partial charge on any atom is 0.408 e. The van der Waals surface area contributed by atoms with Gasteiger partial charge in [-0.2, -0.15) is 5.48 Å². The van der Waals surface area contributed by atoms with E-state index in [9.17, 15) is 19.5 Å². The summed E-state index contributed by atoms with van der Waals surface area (Å²) >= 11 is 0. The molecule has 0 radical (unpaired) electrons. The van der Waals surface area contributed by atoms with Crippen LogP contribution >= 0.6 is 0 Å². The molecule has 186 valence electrons. The molecule has 12 heteroatoms. The highest BCUT2D eigenvalue weighted by atomic mass is 16.7. The Morgan fingerprint density at radius 2 is 2.06 bits per heavy atom. The zero-order valence-electron chi connectivity index (χ0n) is 18.9. The van der Waals surface area contributed by atoms with Gasteiger partial charge in [-0.3, -0.25) is 14.6 Å². The first-order chi connectivity index (χ1) is 16.5. The van der Waals surface area contributed by atoms with E-state index in [2.05, 4.69) is 31.7 Å². The quantitative estimate of drug-likeness (QED) is 0.226. The van der Waals surface area contributed by atoms with Crippen molar-refractivity contribution in [1.82, 2.24) is 26.7 Å². The van der Waals surface area contributed by atoms with Gasteiger partial charge >= 0.3 is 12.1 Å². The monoisotopic (exact) mass is 476 g/mol. The van der Waals surface area contributed by atoms with Crippen LogP contribution in [0.1, 0.15) is 31.2 Å². The van der Waals surface area contributed by atoms with E-state index in [-0.39, 0.29) is 25.2 Å². The number of unbranched alkanes of at least 4 members (excludes halogenated alkanes) is 1. The smallest absolute Gasteiger partial charge is 0.408 e. The third-order valence-electron chi connectivity index (χ3n) is 5.39. The van der Waals surface area contributed by atoms with Gasteiger partial charge in [0.05, 0.1) is 12.6 Å². The Balaban J connectivity index is 1.30. The van der Waals surface area contributed by atoms with E-state index in [1.54, 1.807) is 24.3 Å². The number of nitrogens with one attached hydrogen (secondary N) is 5. The van der Waals surface area contributed by atoms with E-state index >= 15 is 0 Å². The molecule has 2 aliphatic heterocycles. The Bertz CT molecular complexity index is 852. The third kappa shape index (κ3) is 8.52. The van der Waals surface area contributed by atoms with Gasteiger partial charge in [0.2, 0.25) is 5.91 Å². The predicted octanol–water partition coefficient (Wildman–Crippen LogP) is -0.137. The standard InChI is InChI=1S/C22H32N6O6/c29-19(17-12-16(34-28-17)8-4-5-9-23-21-24-10-11-25-21)26-13-18(20(30)31)27-22(32)33-14-15-6-2-1-3-7-15/h1-3,6-7,16-18,28H,4-5,8-14H2,(H,26,29)(H,27,32)(H,30,31)(H2,23,24,25)/t16-,17+,18+/m1/s1. The van der Waals surface area contributed by atoms with Gasteiger partial charge in [-0.1, -0.05) is 30.3 Å². The Morgan fingerprint density at radius 3 is 2.79 bits per heavy atom. The first-order valence-corrected chi connectivity index (χ1v) is 11.4. The number of ether oxygens (including phenoxy) is 1. The van der Waals surface area contributed by atoms with Crippen molar-refractivity contribution < 1.29 is 29.1 Å². The summed E-state index contributed by atoms with van der Waals surface area (Å²) in [4.78, 5) is 45.6. The molecule has 3 atom stereocenters. The topological polar surface area (TPSA) is 162 Å². The van der Waals surface area contributed by atoms with E-state index in [1.165, 1.54) is 0 Å². The fraction of sp³-hybridized carbons (Fsp3) is 0.545.